The normalized spacial score (nSPS) is 16.1. The highest BCUT2D eigenvalue weighted by Crippen LogP contribution is 2.33. The molecule has 0 bridgehead atoms. The summed E-state index contributed by atoms with van der Waals surface area (Å²) in [4.78, 5) is 24.4. The molecule has 166 valence electrons. The number of hydrogen-bond donors (Lipinski definition) is 1. The van der Waals surface area contributed by atoms with Gasteiger partial charge in [0.2, 0.25) is 5.28 Å². The van der Waals surface area contributed by atoms with E-state index in [0.717, 1.165) is 48.6 Å². The van der Waals surface area contributed by atoms with E-state index >= 15 is 0 Å². The van der Waals surface area contributed by atoms with E-state index in [1.807, 2.05) is 20.8 Å². The Hall–Kier alpha value is -1.48. The zero-order valence-electron chi connectivity index (χ0n) is 18.2. The van der Waals surface area contributed by atoms with Crippen LogP contribution in [-0.2, 0) is 20.8 Å². The summed E-state index contributed by atoms with van der Waals surface area (Å²) in [5.41, 5.74) is 0.406. The van der Waals surface area contributed by atoms with Gasteiger partial charge in [0.15, 0.2) is 5.82 Å². The maximum absolute atomic E-state index is 12.1. The number of morpholine rings is 1. The largest absolute Gasteiger partial charge is 0.466 e. The highest BCUT2D eigenvalue weighted by atomic mass is 35.5. The summed E-state index contributed by atoms with van der Waals surface area (Å²) >= 11 is 7.88. The van der Waals surface area contributed by atoms with Crippen molar-refractivity contribution in [2.45, 2.75) is 40.7 Å². The molecule has 0 amide bonds. The molecule has 1 N–H and O–H groups in total. The lowest BCUT2D eigenvalue weighted by molar-refractivity contribution is -0.154. The van der Waals surface area contributed by atoms with Crippen molar-refractivity contribution in [2.24, 2.45) is 11.3 Å². The monoisotopic (exact) mass is 454 g/mol. The number of rotatable bonds is 9. The fourth-order valence-corrected chi connectivity index (χ4v) is 5.06. The summed E-state index contributed by atoms with van der Waals surface area (Å²) in [6.07, 6.45) is 0.771. The van der Waals surface area contributed by atoms with Crippen LogP contribution in [0.4, 0.5) is 5.82 Å². The highest BCUT2D eigenvalue weighted by Gasteiger charge is 2.30. The van der Waals surface area contributed by atoms with E-state index < -0.39 is 5.41 Å². The van der Waals surface area contributed by atoms with Crippen molar-refractivity contribution in [3.8, 4) is 0 Å². The number of aromatic nitrogens is 2. The Labute approximate surface area is 187 Å². The molecule has 0 aliphatic carbocycles. The molecule has 30 heavy (non-hydrogen) atoms. The van der Waals surface area contributed by atoms with Crippen LogP contribution in [0.15, 0.2) is 6.07 Å². The average molecular weight is 455 g/mol. The summed E-state index contributed by atoms with van der Waals surface area (Å²) in [5, 5.41) is 3.79. The van der Waals surface area contributed by atoms with Gasteiger partial charge in [0.25, 0.3) is 0 Å². The molecule has 3 heterocycles. The summed E-state index contributed by atoms with van der Waals surface area (Å²) in [7, 11) is 0. The van der Waals surface area contributed by atoms with Crippen molar-refractivity contribution in [3.05, 3.63) is 16.2 Å². The molecule has 1 aliphatic heterocycles. The van der Waals surface area contributed by atoms with Gasteiger partial charge in [0.1, 0.15) is 0 Å². The molecule has 2 aromatic heterocycles. The Morgan fingerprint density at radius 3 is 2.83 bits per heavy atom. The van der Waals surface area contributed by atoms with E-state index in [1.54, 1.807) is 11.3 Å². The van der Waals surface area contributed by atoms with Crippen LogP contribution in [-0.4, -0.2) is 55.4 Å². The van der Waals surface area contributed by atoms with Gasteiger partial charge in [-0.15, -0.1) is 11.3 Å². The predicted molar refractivity (Wildman–Crippen MR) is 121 cm³/mol. The van der Waals surface area contributed by atoms with Crippen molar-refractivity contribution >= 4 is 44.9 Å². The Balaban J connectivity index is 1.61. The fourth-order valence-electron chi connectivity index (χ4n) is 3.81. The number of ether oxygens (including phenoxy) is 2. The zero-order chi connectivity index (χ0) is 21.7. The van der Waals surface area contributed by atoms with Crippen molar-refractivity contribution in [3.63, 3.8) is 0 Å². The molecule has 0 aromatic carbocycles. The number of nitrogens with zero attached hydrogens (tertiary/aromatic N) is 3. The first-order valence-corrected chi connectivity index (χ1v) is 11.7. The molecule has 0 saturated carbocycles. The molecular weight excluding hydrogens is 424 g/mol. The second kappa shape index (κ2) is 10.2. The van der Waals surface area contributed by atoms with Crippen molar-refractivity contribution in [1.29, 1.82) is 0 Å². The van der Waals surface area contributed by atoms with E-state index in [9.17, 15) is 4.79 Å². The van der Waals surface area contributed by atoms with E-state index in [-0.39, 0.29) is 11.3 Å². The quantitative estimate of drug-likeness (QED) is 0.455. The van der Waals surface area contributed by atoms with Gasteiger partial charge < -0.3 is 19.7 Å². The third-order valence-electron chi connectivity index (χ3n) is 5.17. The molecule has 9 heteroatoms. The van der Waals surface area contributed by atoms with E-state index in [1.165, 1.54) is 4.88 Å². The van der Waals surface area contributed by atoms with Gasteiger partial charge in [-0.3, -0.25) is 4.79 Å². The summed E-state index contributed by atoms with van der Waals surface area (Å²) in [6, 6.07) is 2.08. The van der Waals surface area contributed by atoms with Crippen LogP contribution < -0.4 is 10.2 Å². The van der Waals surface area contributed by atoms with Crippen molar-refractivity contribution < 1.29 is 14.3 Å². The van der Waals surface area contributed by atoms with E-state index in [0.29, 0.717) is 25.7 Å². The third-order valence-corrected chi connectivity index (χ3v) is 6.46. The van der Waals surface area contributed by atoms with Crippen LogP contribution in [0.1, 0.15) is 39.0 Å². The lowest BCUT2D eigenvalue weighted by Crippen LogP contribution is -2.36. The molecule has 7 nitrogen and oxygen atoms in total. The fraction of sp³-hybridized carbons (Fsp3) is 0.667. The number of carbonyl (C=O) groups is 1. The molecule has 0 spiro atoms. The van der Waals surface area contributed by atoms with Gasteiger partial charge in [-0.25, -0.2) is 4.98 Å². The third kappa shape index (κ3) is 5.81. The van der Waals surface area contributed by atoms with E-state index in [4.69, 9.17) is 21.1 Å². The first-order valence-electron chi connectivity index (χ1n) is 10.5. The molecule has 2 aromatic rings. The van der Waals surface area contributed by atoms with Crippen LogP contribution in [0.5, 0.6) is 0 Å². The second-order valence-electron chi connectivity index (χ2n) is 8.39. The predicted octanol–water partition coefficient (Wildman–Crippen LogP) is 3.89. The number of nitrogens with one attached hydrogen (secondary N) is 1. The minimum absolute atomic E-state index is 0.132. The Bertz CT molecular complexity index is 867. The molecule has 1 aliphatic rings. The van der Waals surface area contributed by atoms with E-state index in [2.05, 4.69) is 33.2 Å². The Kier molecular flexibility index (Phi) is 7.90. The lowest BCUT2D eigenvalue weighted by Gasteiger charge is -2.28. The number of esters is 1. The smallest absolute Gasteiger partial charge is 0.311 e. The Morgan fingerprint density at radius 1 is 1.40 bits per heavy atom. The second-order valence-corrected chi connectivity index (χ2v) is 9.86. The van der Waals surface area contributed by atoms with Crippen LogP contribution in [0, 0.1) is 11.3 Å². The topological polar surface area (TPSA) is 76.6 Å². The van der Waals surface area contributed by atoms with Crippen LogP contribution in [0.25, 0.3) is 10.2 Å². The van der Waals surface area contributed by atoms with Crippen LogP contribution in [0.3, 0.4) is 0 Å². The SMILES string of the molecule is CCOC(=O)C(C)(C)C[C@H](C)CNCc1cc2nc(Cl)nc(N3CCOCC3)c2s1. The van der Waals surface area contributed by atoms with Crippen molar-refractivity contribution in [1.82, 2.24) is 15.3 Å². The zero-order valence-corrected chi connectivity index (χ0v) is 19.7. The van der Waals surface area contributed by atoms with Gasteiger partial charge >= 0.3 is 5.97 Å². The molecular formula is C21H31ClN4O3S. The number of carbonyl (C=O) groups excluding carboxylic acids is 1. The number of hydrogen-bond acceptors (Lipinski definition) is 8. The number of halogens is 1. The minimum Gasteiger partial charge on any atom is -0.466 e. The maximum Gasteiger partial charge on any atom is 0.311 e. The average Bonchev–Trinajstić information content (AvgIpc) is 3.10. The first-order chi connectivity index (χ1) is 14.3. The van der Waals surface area contributed by atoms with Gasteiger partial charge in [0.05, 0.1) is 35.5 Å². The van der Waals surface area contributed by atoms with Gasteiger partial charge in [0, 0.05) is 24.5 Å². The van der Waals surface area contributed by atoms with Crippen molar-refractivity contribution in [2.75, 3.05) is 44.4 Å². The summed E-state index contributed by atoms with van der Waals surface area (Å²) in [5.74, 6) is 1.11. The standard InChI is InChI=1S/C21H31ClN4O3S/c1-5-29-19(27)21(3,4)11-14(2)12-23-13-15-10-16-17(30-15)18(25-20(22)24-16)26-6-8-28-9-7-26/h10,14,23H,5-9,11-13H2,1-4H3/t14-/m0/s1. The van der Waals surface area contributed by atoms with Crippen LogP contribution in [0.2, 0.25) is 5.28 Å². The minimum atomic E-state index is -0.478. The molecule has 3 rings (SSSR count). The van der Waals surface area contributed by atoms with Gasteiger partial charge in [-0.05, 0) is 57.3 Å². The lowest BCUT2D eigenvalue weighted by atomic mass is 9.83. The highest BCUT2D eigenvalue weighted by molar-refractivity contribution is 7.19. The molecule has 1 fully saturated rings. The number of anilines is 1. The summed E-state index contributed by atoms with van der Waals surface area (Å²) in [6.45, 7) is 12.9. The number of fused-ring (bicyclic) bond motifs is 1. The Morgan fingerprint density at radius 2 is 2.13 bits per heavy atom. The first kappa shape index (κ1) is 23.2. The molecule has 0 unspecified atom stereocenters. The molecule has 1 atom stereocenters. The van der Waals surface area contributed by atoms with Crippen LogP contribution >= 0.6 is 22.9 Å². The summed E-state index contributed by atoms with van der Waals surface area (Å²) < 4.78 is 11.7. The maximum atomic E-state index is 12.1. The number of thiophene rings is 1. The van der Waals surface area contributed by atoms with Gasteiger partial charge in [-0.2, -0.15) is 4.98 Å². The van der Waals surface area contributed by atoms with Gasteiger partial charge in [-0.1, -0.05) is 6.92 Å². The molecule has 0 radical (unpaired) electrons. The molecule has 1 saturated heterocycles.